The molecule has 0 bridgehead atoms. The number of amides is 1. The van der Waals surface area contributed by atoms with Crippen molar-refractivity contribution in [3.8, 4) is 17.1 Å². The van der Waals surface area contributed by atoms with Crippen molar-refractivity contribution in [2.45, 2.75) is 44.1 Å². The summed E-state index contributed by atoms with van der Waals surface area (Å²) in [4.78, 5) is 18.5. The molecule has 0 radical (unpaired) electrons. The van der Waals surface area contributed by atoms with Gasteiger partial charge in [0.15, 0.2) is 6.61 Å². The highest BCUT2D eigenvalue weighted by atomic mass is 16.5. The van der Waals surface area contributed by atoms with E-state index in [1.807, 2.05) is 0 Å². The SMILES string of the molecule is CN1C(=O)COc2nc(-c3ccc(C4(N)CCC4)cc3)c(CC3CC3)cc21. The summed E-state index contributed by atoms with van der Waals surface area (Å²) in [6.07, 6.45) is 6.88. The number of nitrogens with zero attached hydrogens (tertiary/aromatic N) is 2. The number of hydrogen-bond donors (Lipinski definition) is 1. The Morgan fingerprint density at radius 1 is 1.26 bits per heavy atom. The first kappa shape index (κ1) is 16.8. The Bertz CT molecular complexity index is 899. The van der Waals surface area contributed by atoms with Crippen LogP contribution in [0.1, 0.15) is 43.2 Å². The van der Waals surface area contributed by atoms with Gasteiger partial charge in [0.1, 0.15) is 5.69 Å². The molecule has 1 amide bonds. The Kier molecular flexibility index (Phi) is 3.76. The van der Waals surface area contributed by atoms with E-state index in [0.717, 1.165) is 42.1 Å². The number of fused-ring (bicyclic) bond motifs is 1. The topological polar surface area (TPSA) is 68.5 Å². The summed E-state index contributed by atoms with van der Waals surface area (Å²) in [6, 6.07) is 10.6. The highest BCUT2D eigenvalue weighted by Crippen LogP contribution is 2.42. The molecule has 5 nitrogen and oxygen atoms in total. The number of nitrogens with two attached hydrogens (primary N) is 1. The number of rotatable bonds is 4. The highest BCUT2D eigenvalue weighted by Gasteiger charge is 2.34. The van der Waals surface area contributed by atoms with E-state index >= 15 is 0 Å². The lowest BCUT2D eigenvalue weighted by molar-refractivity contribution is -0.121. The normalized spacial score (nSPS) is 20.7. The van der Waals surface area contributed by atoms with Crippen LogP contribution in [0.2, 0.25) is 0 Å². The molecular formula is C22H25N3O2. The van der Waals surface area contributed by atoms with Gasteiger partial charge in [-0.1, -0.05) is 24.3 Å². The van der Waals surface area contributed by atoms with Crippen LogP contribution in [-0.4, -0.2) is 24.5 Å². The van der Waals surface area contributed by atoms with Crippen LogP contribution in [0, 0.1) is 5.92 Å². The number of likely N-dealkylation sites (N-methyl/N-ethyl adjacent to an activating group) is 1. The first-order valence-electron chi connectivity index (χ1n) is 9.86. The Labute approximate surface area is 159 Å². The Morgan fingerprint density at radius 2 is 2.00 bits per heavy atom. The van der Waals surface area contributed by atoms with Crippen LogP contribution in [0.25, 0.3) is 11.3 Å². The molecule has 2 heterocycles. The minimum absolute atomic E-state index is 0.0347. The fourth-order valence-corrected chi connectivity index (χ4v) is 4.08. The van der Waals surface area contributed by atoms with Crippen LogP contribution in [0.15, 0.2) is 30.3 Å². The van der Waals surface area contributed by atoms with Gasteiger partial charge in [-0.05, 0) is 61.6 Å². The van der Waals surface area contributed by atoms with E-state index in [-0.39, 0.29) is 18.1 Å². The van der Waals surface area contributed by atoms with E-state index in [1.165, 1.54) is 30.4 Å². The lowest BCUT2D eigenvalue weighted by Crippen LogP contribution is -2.43. The molecule has 2 aliphatic carbocycles. The van der Waals surface area contributed by atoms with Crippen LogP contribution in [-0.2, 0) is 16.8 Å². The molecule has 0 spiro atoms. The Hall–Kier alpha value is -2.40. The fraction of sp³-hybridized carbons (Fsp3) is 0.455. The molecule has 2 N–H and O–H groups in total. The Balaban J connectivity index is 1.55. The predicted octanol–water partition coefficient (Wildman–Crippen LogP) is 3.39. The van der Waals surface area contributed by atoms with E-state index in [9.17, 15) is 4.79 Å². The van der Waals surface area contributed by atoms with Crippen molar-refractivity contribution in [2.75, 3.05) is 18.6 Å². The molecule has 5 rings (SSSR count). The maximum Gasteiger partial charge on any atom is 0.264 e. The number of ether oxygens (including phenoxy) is 1. The third-order valence-corrected chi connectivity index (χ3v) is 6.30. The molecule has 1 aromatic carbocycles. The van der Waals surface area contributed by atoms with Crippen LogP contribution in [0.5, 0.6) is 5.88 Å². The minimum atomic E-state index is -0.148. The molecule has 27 heavy (non-hydrogen) atoms. The minimum Gasteiger partial charge on any atom is -0.466 e. The Morgan fingerprint density at radius 3 is 2.63 bits per heavy atom. The molecule has 0 saturated heterocycles. The van der Waals surface area contributed by atoms with Crippen LogP contribution in [0.3, 0.4) is 0 Å². The second kappa shape index (κ2) is 6.06. The van der Waals surface area contributed by atoms with Crippen molar-refractivity contribution in [3.05, 3.63) is 41.5 Å². The smallest absolute Gasteiger partial charge is 0.264 e. The van der Waals surface area contributed by atoms with Crippen molar-refractivity contribution < 1.29 is 9.53 Å². The summed E-state index contributed by atoms with van der Waals surface area (Å²) < 4.78 is 5.63. The van der Waals surface area contributed by atoms with Crippen LogP contribution >= 0.6 is 0 Å². The highest BCUT2D eigenvalue weighted by molar-refractivity contribution is 5.97. The van der Waals surface area contributed by atoms with Crippen molar-refractivity contribution in [1.29, 1.82) is 0 Å². The van der Waals surface area contributed by atoms with E-state index in [2.05, 4.69) is 30.3 Å². The van der Waals surface area contributed by atoms with Gasteiger partial charge in [-0.15, -0.1) is 0 Å². The van der Waals surface area contributed by atoms with Crippen molar-refractivity contribution in [2.24, 2.45) is 11.7 Å². The van der Waals surface area contributed by atoms with Gasteiger partial charge in [-0.3, -0.25) is 4.79 Å². The molecule has 140 valence electrons. The van der Waals surface area contributed by atoms with E-state index < -0.39 is 0 Å². The molecule has 0 unspecified atom stereocenters. The summed E-state index contributed by atoms with van der Waals surface area (Å²) in [5.41, 5.74) is 11.5. The third-order valence-electron chi connectivity index (χ3n) is 6.30. The van der Waals surface area contributed by atoms with Gasteiger partial charge in [0.25, 0.3) is 5.91 Å². The second-order valence-electron chi connectivity index (χ2n) is 8.30. The zero-order valence-electron chi connectivity index (χ0n) is 15.7. The largest absolute Gasteiger partial charge is 0.466 e. The van der Waals surface area contributed by atoms with E-state index in [4.69, 9.17) is 15.5 Å². The summed E-state index contributed by atoms with van der Waals surface area (Å²) in [6.45, 7) is 0.0482. The van der Waals surface area contributed by atoms with E-state index in [1.54, 1.807) is 11.9 Å². The zero-order valence-corrected chi connectivity index (χ0v) is 15.7. The van der Waals surface area contributed by atoms with Crippen molar-refractivity contribution in [1.82, 2.24) is 4.98 Å². The molecule has 0 atom stereocenters. The summed E-state index contributed by atoms with van der Waals surface area (Å²) in [5, 5.41) is 0. The van der Waals surface area contributed by atoms with Gasteiger partial charge in [-0.25, -0.2) is 4.98 Å². The number of aromatic nitrogens is 1. The molecular weight excluding hydrogens is 338 g/mol. The fourth-order valence-electron chi connectivity index (χ4n) is 4.08. The van der Waals surface area contributed by atoms with Gasteiger partial charge < -0.3 is 15.4 Å². The maximum atomic E-state index is 12.0. The summed E-state index contributed by atoms with van der Waals surface area (Å²) >= 11 is 0. The predicted molar refractivity (Wildman–Crippen MR) is 105 cm³/mol. The molecule has 1 aliphatic heterocycles. The second-order valence-corrected chi connectivity index (χ2v) is 8.30. The number of carbonyl (C=O) groups is 1. The average molecular weight is 363 g/mol. The molecule has 1 aromatic heterocycles. The monoisotopic (exact) mass is 363 g/mol. The quantitative estimate of drug-likeness (QED) is 0.904. The zero-order chi connectivity index (χ0) is 18.6. The number of hydrogen-bond acceptors (Lipinski definition) is 4. The van der Waals surface area contributed by atoms with Gasteiger partial charge in [0.05, 0.1) is 5.69 Å². The standard InChI is InChI=1S/C22H25N3O2/c1-25-18-12-16(11-14-3-4-14)20(24-21(18)27-13-19(25)26)15-5-7-17(8-6-15)22(23)9-2-10-22/h5-8,12,14H,2-4,9-11,13,23H2,1H3. The van der Waals surface area contributed by atoms with Gasteiger partial charge >= 0.3 is 0 Å². The number of carbonyl (C=O) groups excluding carboxylic acids is 1. The molecule has 2 fully saturated rings. The molecule has 5 heteroatoms. The first-order valence-corrected chi connectivity index (χ1v) is 9.86. The van der Waals surface area contributed by atoms with Crippen molar-refractivity contribution >= 4 is 11.6 Å². The lowest BCUT2D eigenvalue weighted by atomic mass is 9.72. The van der Waals surface area contributed by atoms with E-state index in [0.29, 0.717) is 5.88 Å². The van der Waals surface area contributed by atoms with Crippen LogP contribution < -0.4 is 15.4 Å². The number of anilines is 1. The van der Waals surface area contributed by atoms with Gasteiger partial charge in [0, 0.05) is 18.2 Å². The first-order chi connectivity index (χ1) is 13.0. The average Bonchev–Trinajstić information content (AvgIpc) is 3.47. The van der Waals surface area contributed by atoms with Gasteiger partial charge in [0.2, 0.25) is 5.88 Å². The number of pyridine rings is 1. The lowest BCUT2D eigenvalue weighted by Gasteiger charge is -2.38. The maximum absolute atomic E-state index is 12.0. The number of benzene rings is 1. The molecule has 2 aromatic rings. The summed E-state index contributed by atoms with van der Waals surface area (Å²) in [7, 11) is 1.79. The third kappa shape index (κ3) is 2.90. The van der Waals surface area contributed by atoms with Crippen molar-refractivity contribution in [3.63, 3.8) is 0 Å². The van der Waals surface area contributed by atoms with Gasteiger partial charge in [-0.2, -0.15) is 0 Å². The molecule has 3 aliphatic rings. The molecule has 2 saturated carbocycles. The van der Waals surface area contributed by atoms with Crippen LogP contribution in [0.4, 0.5) is 5.69 Å². The summed E-state index contributed by atoms with van der Waals surface area (Å²) in [5.74, 6) is 1.24.